The molecule has 2 nitrogen and oxygen atoms in total. The van der Waals surface area contributed by atoms with Crippen molar-refractivity contribution in [2.45, 2.75) is 46.8 Å². The summed E-state index contributed by atoms with van der Waals surface area (Å²) in [6, 6.07) is 2.20. The Morgan fingerprint density at radius 3 is 2.47 bits per heavy atom. The molecule has 0 aliphatic carbocycles. The lowest BCUT2D eigenvalue weighted by atomic mass is 10.1. The van der Waals surface area contributed by atoms with Crippen LogP contribution in [0.3, 0.4) is 0 Å². The van der Waals surface area contributed by atoms with E-state index in [1.807, 2.05) is 0 Å². The van der Waals surface area contributed by atoms with Crippen molar-refractivity contribution in [3.05, 3.63) is 29.6 Å². The van der Waals surface area contributed by atoms with Crippen molar-refractivity contribution in [1.29, 1.82) is 0 Å². The zero-order chi connectivity index (χ0) is 11.1. The maximum Gasteiger partial charge on any atom is 0.252 e. The first-order valence-corrected chi connectivity index (χ1v) is 5.90. The molecule has 0 atom stereocenters. The fourth-order valence-electron chi connectivity index (χ4n) is 1.68. The minimum Gasteiger partial charge on any atom is -0.323 e. The number of aromatic nitrogens is 1. The molecule has 1 heterocycles. The van der Waals surface area contributed by atoms with Gasteiger partial charge in [0.05, 0.1) is 6.61 Å². The molecule has 1 aromatic rings. The molecule has 15 heavy (non-hydrogen) atoms. The number of nitrogens with zero attached hydrogens (tertiary/aromatic N) is 1. The molecule has 0 aliphatic heterocycles. The fraction of sp³-hybridized carbons (Fsp3) is 0.615. The van der Waals surface area contributed by atoms with E-state index in [1.54, 1.807) is 0 Å². The number of aryl methyl sites for hydroxylation is 2. The first kappa shape index (κ1) is 12.2. The van der Waals surface area contributed by atoms with Crippen LogP contribution in [-0.2, 0) is 24.3 Å². The Morgan fingerprint density at radius 2 is 1.87 bits per heavy atom. The van der Waals surface area contributed by atoms with E-state index < -0.39 is 0 Å². The minimum atomic E-state index is 0.671. The van der Waals surface area contributed by atoms with Crippen LogP contribution in [0.1, 0.15) is 38.3 Å². The Bertz CT molecular complexity index is 297. The van der Waals surface area contributed by atoms with Crippen molar-refractivity contribution in [1.82, 2.24) is 0 Å². The summed E-state index contributed by atoms with van der Waals surface area (Å²) in [5, 5.41) is 0. The highest BCUT2D eigenvalue weighted by atomic mass is 16.5. The average molecular weight is 208 g/mol. The Balaban J connectivity index is 2.66. The fourth-order valence-corrected chi connectivity index (χ4v) is 1.68. The normalized spacial score (nSPS) is 10.6. The van der Waals surface area contributed by atoms with E-state index in [-0.39, 0.29) is 0 Å². The average Bonchev–Trinajstić information content (AvgIpc) is 2.29. The van der Waals surface area contributed by atoms with Crippen molar-refractivity contribution in [2.24, 2.45) is 0 Å². The second-order valence-electron chi connectivity index (χ2n) is 3.75. The van der Waals surface area contributed by atoms with E-state index in [2.05, 4.69) is 43.8 Å². The molecule has 0 aliphatic rings. The Kier molecular flexibility index (Phi) is 5.33. The van der Waals surface area contributed by atoms with Gasteiger partial charge in [-0.3, -0.25) is 0 Å². The third kappa shape index (κ3) is 3.63. The predicted octanol–water partition coefficient (Wildman–Crippen LogP) is 2.48. The molecular formula is C13H22NO+. The molecule has 0 unspecified atom stereocenters. The summed E-state index contributed by atoms with van der Waals surface area (Å²) in [7, 11) is 0. The van der Waals surface area contributed by atoms with Gasteiger partial charge in [-0.1, -0.05) is 20.8 Å². The molecule has 0 amide bonds. The van der Waals surface area contributed by atoms with Gasteiger partial charge in [-0.05, 0) is 24.8 Å². The first-order chi connectivity index (χ1) is 7.31. The smallest absolute Gasteiger partial charge is 0.252 e. The summed E-state index contributed by atoms with van der Waals surface area (Å²) in [5.41, 5.74) is 2.88. The SMILES string of the molecule is CCCOC[n+]1ccc(CC)c(CC)c1. The minimum absolute atomic E-state index is 0.671. The van der Waals surface area contributed by atoms with Crippen molar-refractivity contribution in [3.63, 3.8) is 0 Å². The standard InChI is InChI=1S/C13H22NO/c1-4-9-15-11-14-8-7-12(5-2)13(6-3)10-14/h7-8,10H,4-6,9,11H2,1-3H3/q+1. The third-order valence-corrected chi connectivity index (χ3v) is 2.55. The molecule has 0 radical (unpaired) electrons. The molecule has 0 saturated heterocycles. The number of ether oxygens (including phenoxy) is 1. The van der Waals surface area contributed by atoms with Gasteiger partial charge in [0.15, 0.2) is 12.4 Å². The quantitative estimate of drug-likeness (QED) is 0.517. The van der Waals surface area contributed by atoms with Crippen LogP contribution in [0.25, 0.3) is 0 Å². The number of hydrogen-bond acceptors (Lipinski definition) is 1. The van der Waals surface area contributed by atoms with Gasteiger partial charge in [0.2, 0.25) is 0 Å². The van der Waals surface area contributed by atoms with Crippen molar-refractivity contribution >= 4 is 0 Å². The van der Waals surface area contributed by atoms with Crippen LogP contribution in [0.4, 0.5) is 0 Å². The highest BCUT2D eigenvalue weighted by molar-refractivity contribution is 5.20. The molecule has 0 N–H and O–H groups in total. The zero-order valence-electron chi connectivity index (χ0n) is 10.1. The van der Waals surface area contributed by atoms with E-state index in [4.69, 9.17) is 4.74 Å². The monoisotopic (exact) mass is 208 g/mol. The van der Waals surface area contributed by atoms with Crippen LogP contribution >= 0.6 is 0 Å². The lowest BCUT2D eigenvalue weighted by molar-refractivity contribution is -0.733. The second kappa shape index (κ2) is 6.57. The number of hydrogen-bond donors (Lipinski definition) is 0. The largest absolute Gasteiger partial charge is 0.323 e. The van der Waals surface area contributed by atoms with Crippen LogP contribution in [0.2, 0.25) is 0 Å². The Labute approximate surface area is 92.9 Å². The van der Waals surface area contributed by atoms with Gasteiger partial charge in [0, 0.05) is 11.6 Å². The van der Waals surface area contributed by atoms with E-state index in [0.717, 1.165) is 25.9 Å². The molecular weight excluding hydrogens is 186 g/mol. The highest BCUT2D eigenvalue weighted by Crippen LogP contribution is 2.06. The molecule has 0 spiro atoms. The van der Waals surface area contributed by atoms with Crippen molar-refractivity contribution in [2.75, 3.05) is 6.61 Å². The maximum atomic E-state index is 5.50. The molecule has 0 bridgehead atoms. The summed E-state index contributed by atoms with van der Waals surface area (Å²) in [6.45, 7) is 8.04. The van der Waals surface area contributed by atoms with Gasteiger partial charge in [0.1, 0.15) is 0 Å². The van der Waals surface area contributed by atoms with Crippen molar-refractivity contribution < 1.29 is 9.30 Å². The van der Waals surface area contributed by atoms with Crippen molar-refractivity contribution in [3.8, 4) is 0 Å². The molecule has 0 saturated carbocycles. The van der Waals surface area contributed by atoms with Gasteiger partial charge in [0.25, 0.3) is 6.73 Å². The zero-order valence-corrected chi connectivity index (χ0v) is 10.1. The maximum absolute atomic E-state index is 5.50. The molecule has 1 aromatic heterocycles. The van der Waals surface area contributed by atoms with Crippen LogP contribution in [0, 0.1) is 0 Å². The van der Waals surface area contributed by atoms with E-state index in [1.165, 1.54) is 11.1 Å². The lowest BCUT2D eigenvalue weighted by Gasteiger charge is -2.04. The van der Waals surface area contributed by atoms with Crippen LogP contribution < -0.4 is 4.57 Å². The molecule has 0 fully saturated rings. The van der Waals surface area contributed by atoms with E-state index >= 15 is 0 Å². The van der Waals surface area contributed by atoms with Crippen LogP contribution in [0.15, 0.2) is 18.5 Å². The molecule has 84 valence electrons. The van der Waals surface area contributed by atoms with Gasteiger partial charge < -0.3 is 4.74 Å². The Morgan fingerprint density at radius 1 is 1.13 bits per heavy atom. The predicted molar refractivity (Wildman–Crippen MR) is 61.6 cm³/mol. The van der Waals surface area contributed by atoms with Crippen LogP contribution in [0.5, 0.6) is 0 Å². The molecule has 2 heteroatoms. The third-order valence-electron chi connectivity index (χ3n) is 2.55. The topological polar surface area (TPSA) is 13.1 Å². The first-order valence-electron chi connectivity index (χ1n) is 5.90. The highest BCUT2D eigenvalue weighted by Gasteiger charge is 2.06. The van der Waals surface area contributed by atoms with Gasteiger partial charge in [-0.25, -0.2) is 0 Å². The summed E-state index contributed by atoms with van der Waals surface area (Å²) >= 11 is 0. The van der Waals surface area contributed by atoms with E-state index in [9.17, 15) is 0 Å². The summed E-state index contributed by atoms with van der Waals surface area (Å²) < 4.78 is 7.62. The second-order valence-corrected chi connectivity index (χ2v) is 3.75. The number of rotatable bonds is 6. The summed E-state index contributed by atoms with van der Waals surface area (Å²) in [6.07, 6.45) is 7.59. The van der Waals surface area contributed by atoms with Crippen LogP contribution in [-0.4, -0.2) is 6.61 Å². The molecule has 1 rings (SSSR count). The molecule has 0 aromatic carbocycles. The van der Waals surface area contributed by atoms with E-state index in [0.29, 0.717) is 6.73 Å². The number of pyridine rings is 1. The van der Waals surface area contributed by atoms with Gasteiger partial charge in [-0.15, -0.1) is 0 Å². The summed E-state index contributed by atoms with van der Waals surface area (Å²) in [4.78, 5) is 0. The van der Waals surface area contributed by atoms with Gasteiger partial charge >= 0.3 is 0 Å². The Hall–Kier alpha value is -0.890. The lowest BCUT2D eigenvalue weighted by Crippen LogP contribution is -2.35. The summed E-state index contributed by atoms with van der Waals surface area (Å²) in [5.74, 6) is 0. The van der Waals surface area contributed by atoms with Gasteiger partial charge in [-0.2, -0.15) is 4.57 Å².